The van der Waals surface area contributed by atoms with Gasteiger partial charge in [-0.3, -0.25) is 4.79 Å². The maximum atomic E-state index is 12.2. The molecule has 1 aliphatic carbocycles. The lowest BCUT2D eigenvalue weighted by atomic mass is 9.90. The van der Waals surface area contributed by atoms with Gasteiger partial charge in [-0.2, -0.15) is 4.98 Å². The van der Waals surface area contributed by atoms with Crippen LogP contribution >= 0.6 is 22.9 Å². The van der Waals surface area contributed by atoms with Crippen molar-refractivity contribution in [2.75, 3.05) is 5.32 Å². The number of carbonyl (C=O) groups is 1. The molecule has 146 valence electrons. The number of anilines is 1. The topological polar surface area (TPSA) is 93.8 Å². The molecule has 7 nitrogen and oxygen atoms in total. The fourth-order valence-corrected chi connectivity index (χ4v) is 4.33. The summed E-state index contributed by atoms with van der Waals surface area (Å²) in [5.74, 6) is 1.24. The first-order valence-electron chi connectivity index (χ1n) is 9.39. The van der Waals surface area contributed by atoms with Gasteiger partial charge in [-0.25, -0.2) is 0 Å². The molecular formula is C19H20ClN5O2S. The predicted octanol–water partition coefficient (Wildman–Crippen LogP) is 4.86. The van der Waals surface area contributed by atoms with Crippen molar-refractivity contribution in [1.29, 1.82) is 0 Å². The van der Waals surface area contributed by atoms with Gasteiger partial charge in [-0.15, -0.1) is 10.2 Å². The average molecular weight is 418 g/mol. The van der Waals surface area contributed by atoms with Crippen LogP contribution in [-0.4, -0.2) is 26.2 Å². The van der Waals surface area contributed by atoms with E-state index >= 15 is 0 Å². The second-order valence-electron chi connectivity index (χ2n) is 6.85. The van der Waals surface area contributed by atoms with E-state index in [-0.39, 0.29) is 12.3 Å². The van der Waals surface area contributed by atoms with Crippen LogP contribution in [0.5, 0.6) is 0 Å². The molecule has 2 heterocycles. The molecule has 4 rings (SSSR count). The number of hydrogen-bond acceptors (Lipinski definition) is 7. The van der Waals surface area contributed by atoms with Crippen LogP contribution < -0.4 is 5.32 Å². The second kappa shape index (κ2) is 8.79. The molecule has 1 fully saturated rings. The highest BCUT2D eigenvalue weighted by atomic mass is 35.5. The average Bonchev–Trinajstić information content (AvgIpc) is 3.37. The summed E-state index contributed by atoms with van der Waals surface area (Å²) in [5, 5.41) is 17.4. The van der Waals surface area contributed by atoms with Gasteiger partial charge in [0, 0.05) is 29.3 Å². The van der Waals surface area contributed by atoms with Crippen molar-refractivity contribution in [3.05, 3.63) is 40.2 Å². The third-order valence-electron chi connectivity index (χ3n) is 4.78. The van der Waals surface area contributed by atoms with Crippen molar-refractivity contribution in [3.8, 4) is 11.4 Å². The zero-order valence-corrected chi connectivity index (χ0v) is 16.8. The number of nitrogens with one attached hydrogen (secondary N) is 1. The number of benzene rings is 1. The molecule has 1 amide bonds. The van der Waals surface area contributed by atoms with Gasteiger partial charge in [0.05, 0.1) is 0 Å². The maximum Gasteiger partial charge on any atom is 0.227 e. The van der Waals surface area contributed by atoms with E-state index in [0.29, 0.717) is 34.2 Å². The third kappa shape index (κ3) is 4.74. The SMILES string of the molecule is O=C(CCc1nc(-c2ccc(Cl)cc2)no1)Nc1nnc(C2CCCCC2)s1. The normalized spacial score (nSPS) is 14.9. The Hall–Kier alpha value is -2.32. The summed E-state index contributed by atoms with van der Waals surface area (Å²) in [6.07, 6.45) is 6.71. The van der Waals surface area contributed by atoms with Crippen molar-refractivity contribution in [2.45, 2.75) is 50.9 Å². The minimum atomic E-state index is -0.141. The van der Waals surface area contributed by atoms with Crippen LogP contribution in [0.25, 0.3) is 11.4 Å². The number of hydrogen-bond donors (Lipinski definition) is 1. The van der Waals surface area contributed by atoms with Gasteiger partial charge in [0.15, 0.2) is 0 Å². The summed E-state index contributed by atoms with van der Waals surface area (Å²) in [5.41, 5.74) is 0.813. The van der Waals surface area contributed by atoms with E-state index in [2.05, 4.69) is 25.7 Å². The van der Waals surface area contributed by atoms with Crippen LogP contribution in [-0.2, 0) is 11.2 Å². The number of rotatable bonds is 6. The molecule has 2 aromatic heterocycles. The Bertz CT molecular complexity index is 934. The molecule has 0 radical (unpaired) electrons. The van der Waals surface area contributed by atoms with Gasteiger partial charge in [0.1, 0.15) is 5.01 Å². The lowest BCUT2D eigenvalue weighted by Crippen LogP contribution is -2.12. The van der Waals surface area contributed by atoms with Crippen LogP contribution in [0.4, 0.5) is 5.13 Å². The van der Waals surface area contributed by atoms with E-state index in [9.17, 15) is 4.79 Å². The Balaban J connectivity index is 1.29. The van der Waals surface area contributed by atoms with Crippen molar-refractivity contribution >= 4 is 34.0 Å². The van der Waals surface area contributed by atoms with Crippen molar-refractivity contribution in [2.24, 2.45) is 0 Å². The van der Waals surface area contributed by atoms with Gasteiger partial charge in [0.2, 0.25) is 22.8 Å². The van der Waals surface area contributed by atoms with E-state index in [1.54, 1.807) is 12.1 Å². The zero-order valence-electron chi connectivity index (χ0n) is 15.2. The zero-order chi connectivity index (χ0) is 19.3. The highest BCUT2D eigenvalue weighted by Gasteiger charge is 2.20. The molecule has 0 spiro atoms. The summed E-state index contributed by atoms with van der Waals surface area (Å²) in [6.45, 7) is 0. The molecule has 1 aromatic carbocycles. The number of nitrogens with zero attached hydrogens (tertiary/aromatic N) is 4. The number of amides is 1. The molecule has 3 aromatic rings. The predicted molar refractivity (Wildman–Crippen MR) is 107 cm³/mol. The lowest BCUT2D eigenvalue weighted by Gasteiger charge is -2.18. The van der Waals surface area contributed by atoms with Crippen molar-refractivity contribution in [3.63, 3.8) is 0 Å². The summed E-state index contributed by atoms with van der Waals surface area (Å²) in [6, 6.07) is 7.18. The minimum Gasteiger partial charge on any atom is -0.339 e. The molecule has 0 bridgehead atoms. The van der Waals surface area contributed by atoms with Crippen LogP contribution in [0.15, 0.2) is 28.8 Å². The maximum absolute atomic E-state index is 12.2. The molecule has 0 saturated heterocycles. The van der Waals surface area contributed by atoms with Gasteiger partial charge < -0.3 is 9.84 Å². The van der Waals surface area contributed by atoms with E-state index in [1.165, 1.54) is 30.6 Å². The smallest absolute Gasteiger partial charge is 0.227 e. The highest BCUT2D eigenvalue weighted by Crippen LogP contribution is 2.35. The Morgan fingerprint density at radius 1 is 1.18 bits per heavy atom. The molecule has 0 atom stereocenters. The van der Waals surface area contributed by atoms with Crippen molar-refractivity contribution in [1.82, 2.24) is 20.3 Å². The Labute approximate surface area is 171 Å². The molecule has 28 heavy (non-hydrogen) atoms. The van der Waals surface area contributed by atoms with E-state index < -0.39 is 0 Å². The second-order valence-corrected chi connectivity index (χ2v) is 8.29. The fraction of sp³-hybridized carbons (Fsp3) is 0.421. The Morgan fingerprint density at radius 2 is 1.96 bits per heavy atom. The van der Waals surface area contributed by atoms with Crippen LogP contribution in [0.1, 0.15) is 55.3 Å². The number of halogens is 1. The third-order valence-corrected chi connectivity index (χ3v) is 6.03. The lowest BCUT2D eigenvalue weighted by molar-refractivity contribution is -0.116. The number of carbonyl (C=O) groups excluding carboxylic acids is 1. The summed E-state index contributed by atoms with van der Waals surface area (Å²) >= 11 is 7.36. The molecule has 0 aliphatic heterocycles. The standard InChI is InChI=1S/C19H20ClN5O2S/c20-14-8-6-12(7-9-14)17-22-16(27-25-17)11-10-15(26)21-19-24-23-18(28-19)13-4-2-1-3-5-13/h6-9,13H,1-5,10-11H2,(H,21,24,26). The highest BCUT2D eigenvalue weighted by molar-refractivity contribution is 7.15. The van der Waals surface area contributed by atoms with E-state index in [4.69, 9.17) is 16.1 Å². The van der Waals surface area contributed by atoms with Crippen LogP contribution in [0.2, 0.25) is 5.02 Å². The molecular weight excluding hydrogens is 398 g/mol. The fourth-order valence-electron chi connectivity index (χ4n) is 3.27. The van der Waals surface area contributed by atoms with Gasteiger partial charge in [-0.1, -0.05) is 47.4 Å². The summed E-state index contributed by atoms with van der Waals surface area (Å²) in [4.78, 5) is 16.5. The molecule has 1 saturated carbocycles. The first-order chi connectivity index (χ1) is 13.7. The molecule has 1 aliphatic rings. The first kappa shape index (κ1) is 19.0. The van der Waals surface area contributed by atoms with Crippen LogP contribution in [0, 0.1) is 0 Å². The van der Waals surface area contributed by atoms with Gasteiger partial charge in [0.25, 0.3) is 0 Å². The van der Waals surface area contributed by atoms with Gasteiger partial charge in [-0.05, 0) is 37.1 Å². The van der Waals surface area contributed by atoms with Crippen molar-refractivity contribution < 1.29 is 9.32 Å². The van der Waals surface area contributed by atoms with Crippen LogP contribution in [0.3, 0.4) is 0 Å². The largest absolute Gasteiger partial charge is 0.339 e. The minimum absolute atomic E-state index is 0.141. The number of aryl methyl sites for hydroxylation is 1. The number of aromatic nitrogens is 4. The quantitative estimate of drug-likeness (QED) is 0.615. The van der Waals surface area contributed by atoms with E-state index in [1.807, 2.05) is 12.1 Å². The monoisotopic (exact) mass is 417 g/mol. The Kier molecular flexibility index (Phi) is 5.97. The summed E-state index contributed by atoms with van der Waals surface area (Å²) in [7, 11) is 0. The Morgan fingerprint density at radius 3 is 2.75 bits per heavy atom. The molecule has 0 unspecified atom stereocenters. The molecule has 9 heteroatoms. The van der Waals surface area contributed by atoms with E-state index in [0.717, 1.165) is 23.4 Å². The molecule has 1 N–H and O–H groups in total. The summed E-state index contributed by atoms with van der Waals surface area (Å²) < 4.78 is 5.23. The first-order valence-corrected chi connectivity index (χ1v) is 10.6. The van der Waals surface area contributed by atoms with Gasteiger partial charge >= 0.3 is 0 Å².